The van der Waals surface area contributed by atoms with Gasteiger partial charge in [0.2, 0.25) is 5.91 Å². The van der Waals surface area contributed by atoms with E-state index in [2.05, 4.69) is 4.90 Å². The Labute approximate surface area is 140 Å². The number of β-amino-alcohol motifs (C(OH)–C–C–N with tert-alkyl or cyclic N) is 1. The second kappa shape index (κ2) is 9.00. The van der Waals surface area contributed by atoms with Crippen LogP contribution in [0.4, 0.5) is 0 Å². The number of amides is 1. The molecule has 0 aliphatic carbocycles. The molecule has 0 saturated carbocycles. The summed E-state index contributed by atoms with van der Waals surface area (Å²) in [4.78, 5) is 28.3. The largest absolute Gasteiger partial charge is 0.466 e. The highest BCUT2D eigenvalue weighted by atomic mass is 32.1. The Kier molecular flexibility index (Phi) is 7.01. The van der Waals surface area contributed by atoms with Gasteiger partial charge in [0.25, 0.3) is 0 Å². The minimum atomic E-state index is -0.471. The Morgan fingerprint density at radius 2 is 2.04 bits per heavy atom. The summed E-state index contributed by atoms with van der Waals surface area (Å²) in [7, 11) is 0. The number of carbonyl (C=O) groups excluding carboxylic acids is 2. The number of aliphatic hydroxyl groups is 1. The molecule has 0 bridgehead atoms. The highest BCUT2D eigenvalue weighted by Gasteiger charge is 2.23. The van der Waals surface area contributed by atoms with Gasteiger partial charge < -0.3 is 14.7 Å². The summed E-state index contributed by atoms with van der Waals surface area (Å²) < 4.78 is 4.83. The molecule has 6 nitrogen and oxygen atoms in total. The van der Waals surface area contributed by atoms with Gasteiger partial charge in [0.1, 0.15) is 6.10 Å². The van der Waals surface area contributed by atoms with Gasteiger partial charge in [-0.3, -0.25) is 14.5 Å². The van der Waals surface area contributed by atoms with Gasteiger partial charge in [-0.05, 0) is 18.4 Å². The molecular formula is C16H24N2O4S. The second-order valence-electron chi connectivity index (χ2n) is 5.52. The van der Waals surface area contributed by atoms with Crippen molar-refractivity contribution in [2.75, 3.05) is 39.3 Å². The molecule has 1 aromatic heterocycles. The van der Waals surface area contributed by atoms with Crippen molar-refractivity contribution < 1.29 is 19.4 Å². The Bertz CT molecular complexity index is 498. The molecule has 23 heavy (non-hydrogen) atoms. The van der Waals surface area contributed by atoms with Gasteiger partial charge in [-0.1, -0.05) is 6.07 Å². The van der Waals surface area contributed by atoms with E-state index in [1.54, 1.807) is 23.2 Å². The number of aliphatic hydroxyl groups excluding tert-OH is 1. The highest BCUT2D eigenvalue weighted by Crippen LogP contribution is 2.20. The average molecular weight is 340 g/mol. The molecule has 1 amide bonds. The molecule has 0 radical (unpaired) electrons. The molecule has 1 atom stereocenters. The van der Waals surface area contributed by atoms with Gasteiger partial charge in [0.15, 0.2) is 0 Å². The Hall–Kier alpha value is -1.44. The minimum Gasteiger partial charge on any atom is -0.466 e. The van der Waals surface area contributed by atoms with E-state index in [4.69, 9.17) is 4.74 Å². The molecule has 1 saturated heterocycles. The first-order valence-corrected chi connectivity index (χ1v) is 8.85. The quantitative estimate of drug-likeness (QED) is 0.757. The first-order valence-electron chi connectivity index (χ1n) is 7.97. The number of piperazine rings is 1. The van der Waals surface area contributed by atoms with E-state index < -0.39 is 6.10 Å². The van der Waals surface area contributed by atoms with Crippen molar-refractivity contribution >= 4 is 23.2 Å². The van der Waals surface area contributed by atoms with Gasteiger partial charge in [-0.25, -0.2) is 0 Å². The fourth-order valence-corrected chi connectivity index (χ4v) is 3.30. The second-order valence-corrected chi connectivity index (χ2v) is 6.50. The van der Waals surface area contributed by atoms with Crippen molar-refractivity contribution in [3.05, 3.63) is 22.4 Å². The van der Waals surface area contributed by atoms with Crippen LogP contribution in [-0.2, 0) is 14.3 Å². The number of hydrogen-bond donors (Lipinski definition) is 1. The van der Waals surface area contributed by atoms with E-state index in [0.29, 0.717) is 26.2 Å². The number of ether oxygens (including phenoxy) is 1. The van der Waals surface area contributed by atoms with Crippen LogP contribution in [-0.4, -0.2) is 66.1 Å². The molecule has 2 rings (SSSR count). The molecule has 0 spiro atoms. The van der Waals surface area contributed by atoms with E-state index in [1.165, 1.54) is 0 Å². The first-order chi connectivity index (χ1) is 11.1. The monoisotopic (exact) mass is 340 g/mol. The predicted octanol–water partition coefficient (Wildman–Crippen LogP) is 1.27. The smallest absolute Gasteiger partial charge is 0.306 e. The third kappa shape index (κ3) is 5.60. The van der Waals surface area contributed by atoms with Crippen LogP contribution >= 0.6 is 11.3 Å². The zero-order valence-electron chi connectivity index (χ0n) is 13.4. The summed E-state index contributed by atoms with van der Waals surface area (Å²) in [5, 5.41) is 12.1. The maximum atomic E-state index is 12.1. The summed E-state index contributed by atoms with van der Waals surface area (Å²) in [5.41, 5.74) is 0. The van der Waals surface area contributed by atoms with Crippen LogP contribution in [0.15, 0.2) is 17.5 Å². The topological polar surface area (TPSA) is 70.1 Å². The molecule has 1 aliphatic rings. The van der Waals surface area contributed by atoms with Crippen LogP contribution in [0.5, 0.6) is 0 Å². The lowest BCUT2D eigenvalue weighted by molar-refractivity contribution is -0.146. The van der Waals surface area contributed by atoms with Crippen LogP contribution < -0.4 is 0 Å². The van der Waals surface area contributed by atoms with E-state index in [1.807, 2.05) is 17.5 Å². The van der Waals surface area contributed by atoms with E-state index in [0.717, 1.165) is 18.0 Å². The Morgan fingerprint density at radius 1 is 1.30 bits per heavy atom. The molecule has 0 unspecified atom stereocenters. The van der Waals surface area contributed by atoms with E-state index in [-0.39, 0.29) is 24.7 Å². The Morgan fingerprint density at radius 3 is 2.65 bits per heavy atom. The number of rotatable bonds is 7. The van der Waals surface area contributed by atoms with Crippen molar-refractivity contribution in [1.29, 1.82) is 0 Å². The van der Waals surface area contributed by atoms with Crippen molar-refractivity contribution in [3.8, 4) is 0 Å². The molecule has 7 heteroatoms. The van der Waals surface area contributed by atoms with E-state index >= 15 is 0 Å². The van der Waals surface area contributed by atoms with Crippen LogP contribution in [0.2, 0.25) is 0 Å². The molecule has 0 aromatic carbocycles. The fraction of sp³-hybridized carbons (Fsp3) is 0.625. The zero-order valence-corrected chi connectivity index (χ0v) is 14.3. The van der Waals surface area contributed by atoms with Gasteiger partial charge in [0, 0.05) is 44.0 Å². The number of nitrogens with zero attached hydrogens (tertiary/aromatic N) is 2. The number of carbonyl (C=O) groups is 2. The van der Waals surface area contributed by atoms with Gasteiger partial charge in [-0.15, -0.1) is 11.3 Å². The summed E-state index contributed by atoms with van der Waals surface area (Å²) >= 11 is 1.55. The van der Waals surface area contributed by atoms with Crippen LogP contribution in [0.25, 0.3) is 0 Å². The molecule has 1 aromatic rings. The van der Waals surface area contributed by atoms with Crippen molar-refractivity contribution in [2.45, 2.75) is 25.9 Å². The average Bonchev–Trinajstić information content (AvgIpc) is 3.08. The van der Waals surface area contributed by atoms with Gasteiger partial charge in [0.05, 0.1) is 13.0 Å². The van der Waals surface area contributed by atoms with Crippen LogP contribution in [0.1, 0.15) is 30.7 Å². The van der Waals surface area contributed by atoms with Crippen molar-refractivity contribution in [3.63, 3.8) is 0 Å². The van der Waals surface area contributed by atoms with E-state index in [9.17, 15) is 14.7 Å². The standard InChI is InChI=1S/C16H24N2O4S/c1-2-22-16(21)6-5-15(20)18-9-7-17(8-10-18)12-13(19)14-4-3-11-23-14/h3-4,11,13,19H,2,5-10,12H2,1H3/t13-/m1/s1. The molecular weight excluding hydrogens is 316 g/mol. The van der Waals surface area contributed by atoms with Crippen LogP contribution in [0.3, 0.4) is 0 Å². The summed E-state index contributed by atoms with van der Waals surface area (Å²) in [6.07, 6.45) is -0.123. The fourth-order valence-electron chi connectivity index (χ4n) is 2.60. The molecule has 1 fully saturated rings. The summed E-state index contributed by atoms with van der Waals surface area (Å²) in [5.74, 6) is -0.324. The molecule has 1 aliphatic heterocycles. The van der Waals surface area contributed by atoms with Gasteiger partial charge in [-0.2, -0.15) is 0 Å². The maximum absolute atomic E-state index is 12.1. The zero-order chi connectivity index (χ0) is 16.7. The minimum absolute atomic E-state index is 0.00323. The van der Waals surface area contributed by atoms with Crippen LogP contribution in [0, 0.1) is 0 Å². The lowest BCUT2D eigenvalue weighted by Gasteiger charge is -2.35. The third-order valence-corrected chi connectivity index (χ3v) is 4.85. The lowest BCUT2D eigenvalue weighted by Crippen LogP contribution is -2.49. The maximum Gasteiger partial charge on any atom is 0.306 e. The number of thiophene rings is 1. The molecule has 128 valence electrons. The molecule has 2 heterocycles. The highest BCUT2D eigenvalue weighted by molar-refractivity contribution is 7.10. The number of esters is 1. The third-order valence-electron chi connectivity index (χ3n) is 3.88. The van der Waals surface area contributed by atoms with Crippen molar-refractivity contribution in [2.24, 2.45) is 0 Å². The lowest BCUT2D eigenvalue weighted by atomic mass is 10.2. The van der Waals surface area contributed by atoms with Crippen molar-refractivity contribution in [1.82, 2.24) is 9.80 Å². The first kappa shape index (κ1) is 17.9. The number of hydrogen-bond acceptors (Lipinski definition) is 6. The molecule has 1 N–H and O–H groups in total. The Balaban J connectivity index is 1.69. The summed E-state index contributed by atoms with van der Waals surface area (Å²) in [6, 6.07) is 3.87. The normalized spacial score (nSPS) is 17.0. The van der Waals surface area contributed by atoms with Gasteiger partial charge >= 0.3 is 5.97 Å². The predicted molar refractivity (Wildman–Crippen MR) is 88.2 cm³/mol. The summed E-state index contributed by atoms with van der Waals surface area (Å²) in [6.45, 7) is 5.45. The SMILES string of the molecule is CCOC(=O)CCC(=O)N1CCN(C[C@@H](O)c2cccs2)CC1.